The molecule has 0 aliphatic heterocycles. The van der Waals surface area contributed by atoms with E-state index in [0.29, 0.717) is 11.3 Å². The summed E-state index contributed by atoms with van der Waals surface area (Å²) >= 11 is 0. The summed E-state index contributed by atoms with van der Waals surface area (Å²) in [4.78, 5) is 25.7. The molecule has 0 bridgehead atoms. The number of methoxy groups -OCH3 is 1. The number of carbonyl (C=O) groups excluding carboxylic acids is 2. The summed E-state index contributed by atoms with van der Waals surface area (Å²) in [6.07, 6.45) is -1.51. The number of hydrogen-bond acceptors (Lipinski definition) is 5. The third-order valence-electron chi connectivity index (χ3n) is 5.04. The van der Waals surface area contributed by atoms with E-state index in [1.54, 1.807) is 66.0 Å². The third kappa shape index (κ3) is 6.99. The summed E-state index contributed by atoms with van der Waals surface area (Å²) in [6.45, 7) is 8.85. The predicted molar refractivity (Wildman–Crippen MR) is 123 cm³/mol. The van der Waals surface area contributed by atoms with Gasteiger partial charge in [0.25, 0.3) is 0 Å². The monoisotopic (exact) mass is 442 g/mol. The third-order valence-corrected chi connectivity index (χ3v) is 5.04. The Morgan fingerprint density at radius 2 is 1.59 bits per heavy atom. The van der Waals surface area contributed by atoms with Crippen LogP contribution in [0.25, 0.3) is 0 Å². The molecular formula is C25H34N2O5. The maximum absolute atomic E-state index is 13.2. The molecule has 2 aromatic rings. The maximum atomic E-state index is 13.2. The number of alkyl carbamates (subject to hydrolysis) is 1. The van der Waals surface area contributed by atoms with Gasteiger partial charge >= 0.3 is 6.09 Å². The highest BCUT2D eigenvalue weighted by atomic mass is 16.6. The number of ether oxygens (including phenoxy) is 2. The molecule has 0 aromatic heterocycles. The fourth-order valence-corrected chi connectivity index (χ4v) is 3.27. The van der Waals surface area contributed by atoms with E-state index in [4.69, 9.17) is 9.47 Å². The van der Waals surface area contributed by atoms with Crippen molar-refractivity contribution in [2.75, 3.05) is 13.7 Å². The van der Waals surface area contributed by atoms with Crippen molar-refractivity contribution >= 4 is 12.0 Å². The Bertz CT molecular complexity index is 906. The van der Waals surface area contributed by atoms with Crippen molar-refractivity contribution < 1.29 is 24.2 Å². The van der Waals surface area contributed by atoms with Crippen molar-refractivity contribution in [3.05, 3.63) is 65.7 Å². The average molecular weight is 443 g/mol. The molecule has 0 aliphatic carbocycles. The van der Waals surface area contributed by atoms with Crippen LogP contribution in [0.4, 0.5) is 4.79 Å². The fraction of sp³-hybridized carbons (Fsp3) is 0.440. The van der Waals surface area contributed by atoms with Crippen molar-refractivity contribution in [2.24, 2.45) is 5.41 Å². The van der Waals surface area contributed by atoms with Crippen molar-refractivity contribution in [3.63, 3.8) is 0 Å². The second-order valence-corrected chi connectivity index (χ2v) is 9.21. The lowest BCUT2D eigenvalue weighted by Crippen LogP contribution is -2.48. The standard InChI is InChI=1S/C25H34N2O5/c1-24(2,3)32-23(30)27-21(17-11-8-7-9-12-17)25(4,5)22(29)26-16-20(28)18-13-10-14-19(15-18)31-6/h7-15,20-21,28H,16H2,1-6H3,(H,26,29)(H,27,30)/t20-,21-/m1/s1. The van der Waals surface area contributed by atoms with Crippen LogP contribution in [-0.2, 0) is 9.53 Å². The molecule has 7 nitrogen and oxygen atoms in total. The van der Waals surface area contributed by atoms with Crippen LogP contribution in [0.1, 0.15) is 57.9 Å². The maximum Gasteiger partial charge on any atom is 0.408 e. The van der Waals surface area contributed by atoms with E-state index in [1.807, 2.05) is 30.3 Å². The van der Waals surface area contributed by atoms with Crippen LogP contribution in [0, 0.1) is 5.41 Å². The largest absolute Gasteiger partial charge is 0.497 e. The van der Waals surface area contributed by atoms with Gasteiger partial charge in [-0.1, -0.05) is 42.5 Å². The molecule has 0 radical (unpaired) electrons. The van der Waals surface area contributed by atoms with Crippen LogP contribution in [0.2, 0.25) is 0 Å². The molecule has 0 saturated heterocycles. The smallest absolute Gasteiger partial charge is 0.408 e. The first-order valence-corrected chi connectivity index (χ1v) is 10.6. The zero-order chi connectivity index (χ0) is 23.9. The normalized spacial score (nSPS) is 13.6. The first-order valence-electron chi connectivity index (χ1n) is 10.6. The van der Waals surface area contributed by atoms with Crippen LogP contribution < -0.4 is 15.4 Å². The van der Waals surface area contributed by atoms with Gasteiger partial charge in [0.05, 0.1) is 24.7 Å². The lowest BCUT2D eigenvalue weighted by atomic mass is 9.79. The molecule has 0 spiro atoms. The number of nitrogens with one attached hydrogen (secondary N) is 2. The van der Waals surface area contributed by atoms with Crippen LogP contribution in [0.15, 0.2) is 54.6 Å². The second-order valence-electron chi connectivity index (χ2n) is 9.21. The SMILES string of the molecule is COc1cccc([C@H](O)CNC(=O)C(C)(C)[C@H](NC(=O)OC(C)(C)C)c2ccccc2)c1. The van der Waals surface area contributed by atoms with Gasteiger partial charge in [-0.05, 0) is 57.9 Å². The van der Waals surface area contributed by atoms with Crippen LogP contribution in [0.5, 0.6) is 5.75 Å². The zero-order valence-corrected chi connectivity index (χ0v) is 19.6. The first kappa shape index (κ1) is 25.2. The van der Waals surface area contributed by atoms with E-state index in [9.17, 15) is 14.7 Å². The number of rotatable bonds is 8. The molecular weight excluding hydrogens is 408 g/mol. The number of carbonyl (C=O) groups is 2. The number of benzene rings is 2. The highest BCUT2D eigenvalue weighted by molar-refractivity contribution is 5.84. The van der Waals surface area contributed by atoms with Gasteiger partial charge in [0.2, 0.25) is 5.91 Å². The van der Waals surface area contributed by atoms with Crippen molar-refractivity contribution in [2.45, 2.75) is 52.4 Å². The van der Waals surface area contributed by atoms with Gasteiger partial charge in [-0.25, -0.2) is 4.79 Å². The fourth-order valence-electron chi connectivity index (χ4n) is 3.27. The zero-order valence-electron chi connectivity index (χ0n) is 19.6. The minimum absolute atomic E-state index is 0.0172. The molecule has 2 atom stereocenters. The molecule has 0 saturated carbocycles. The molecule has 7 heteroatoms. The summed E-state index contributed by atoms with van der Waals surface area (Å²) < 4.78 is 10.6. The summed E-state index contributed by atoms with van der Waals surface area (Å²) in [7, 11) is 1.55. The number of aliphatic hydroxyl groups excluding tert-OH is 1. The first-order chi connectivity index (χ1) is 14.9. The second kappa shape index (κ2) is 10.5. The predicted octanol–water partition coefficient (Wildman–Crippen LogP) is 4.14. The Kier molecular flexibility index (Phi) is 8.27. The van der Waals surface area contributed by atoms with Crippen molar-refractivity contribution in [1.82, 2.24) is 10.6 Å². The molecule has 3 N–H and O–H groups in total. The highest BCUT2D eigenvalue weighted by Crippen LogP contribution is 2.34. The molecule has 0 fully saturated rings. The summed E-state index contributed by atoms with van der Waals surface area (Å²) in [5.41, 5.74) is -0.300. The van der Waals surface area contributed by atoms with Crippen molar-refractivity contribution in [1.29, 1.82) is 0 Å². The lowest BCUT2D eigenvalue weighted by molar-refractivity contribution is -0.131. The number of hydrogen-bond donors (Lipinski definition) is 3. The Morgan fingerprint density at radius 1 is 0.969 bits per heavy atom. The minimum atomic E-state index is -1.04. The number of amides is 2. The Hall–Kier alpha value is -3.06. The van der Waals surface area contributed by atoms with Crippen molar-refractivity contribution in [3.8, 4) is 5.75 Å². The van der Waals surface area contributed by atoms with E-state index in [-0.39, 0.29) is 12.5 Å². The molecule has 2 amide bonds. The van der Waals surface area contributed by atoms with Gasteiger partial charge < -0.3 is 25.2 Å². The topological polar surface area (TPSA) is 96.9 Å². The van der Waals surface area contributed by atoms with Crippen LogP contribution in [-0.4, -0.2) is 36.4 Å². The van der Waals surface area contributed by atoms with E-state index >= 15 is 0 Å². The van der Waals surface area contributed by atoms with E-state index in [0.717, 1.165) is 5.56 Å². The van der Waals surface area contributed by atoms with Gasteiger partial charge in [0, 0.05) is 6.54 Å². The van der Waals surface area contributed by atoms with Gasteiger partial charge in [0.1, 0.15) is 11.4 Å². The molecule has 2 rings (SSSR count). The highest BCUT2D eigenvalue weighted by Gasteiger charge is 2.39. The summed E-state index contributed by atoms with van der Waals surface area (Å²) in [6, 6.07) is 15.7. The molecule has 0 unspecified atom stereocenters. The van der Waals surface area contributed by atoms with Crippen LogP contribution >= 0.6 is 0 Å². The average Bonchev–Trinajstić information content (AvgIpc) is 2.74. The van der Waals surface area contributed by atoms with Gasteiger partial charge in [-0.15, -0.1) is 0 Å². The summed E-state index contributed by atoms with van der Waals surface area (Å²) in [5, 5.41) is 16.2. The Labute approximate surface area is 190 Å². The molecule has 174 valence electrons. The van der Waals surface area contributed by atoms with Crippen LogP contribution in [0.3, 0.4) is 0 Å². The Morgan fingerprint density at radius 3 is 2.19 bits per heavy atom. The minimum Gasteiger partial charge on any atom is -0.497 e. The van der Waals surface area contributed by atoms with E-state index in [1.165, 1.54) is 0 Å². The van der Waals surface area contributed by atoms with Gasteiger partial charge in [-0.3, -0.25) is 4.79 Å². The van der Waals surface area contributed by atoms with E-state index in [2.05, 4.69) is 10.6 Å². The molecule has 32 heavy (non-hydrogen) atoms. The molecule has 2 aromatic carbocycles. The lowest BCUT2D eigenvalue weighted by Gasteiger charge is -2.35. The van der Waals surface area contributed by atoms with Gasteiger partial charge in [0.15, 0.2) is 0 Å². The summed E-state index contributed by atoms with van der Waals surface area (Å²) in [5.74, 6) is 0.309. The number of aliphatic hydroxyl groups is 1. The molecule has 0 heterocycles. The van der Waals surface area contributed by atoms with Gasteiger partial charge in [-0.2, -0.15) is 0 Å². The molecule has 0 aliphatic rings. The van der Waals surface area contributed by atoms with E-state index < -0.39 is 29.3 Å². The quantitative estimate of drug-likeness (QED) is 0.571. The Balaban J connectivity index is 2.16.